The van der Waals surface area contributed by atoms with Crippen LogP contribution < -0.4 is 14.8 Å². The van der Waals surface area contributed by atoms with E-state index in [0.29, 0.717) is 71.2 Å². The molecule has 0 bridgehead atoms. The van der Waals surface area contributed by atoms with Crippen LogP contribution in [0.25, 0.3) is 22.3 Å². The largest absolute Gasteiger partial charge is 0.494 e. The number of benzene rings is 1. The van der Waals surface area contributed by atoms with Crippen molar-refractivity contribution in [3.8, 4) is 22.8 Å². The fraction of sp³-hybridized carbons (Fsp3) is 0.481. The molecule has 2 aromatic heterocycles. The topological polar surface area (TPSA) is 130 Å². The molecule has 0 radical (unpaired) electrons. The third kappa shape index (κ3) is 5.02. The summed E-state index contributed by atoms with van der Waals surface area (Å²) < 4.78 is 26.0. The van der Waals surface area contributed by atoms with Gasteiger partial charge in [0, 0.05) is 36.8 Å². The lowest BCUT2D eigenvalue weighted by molar-refractivity contribution is -0.134. The van der Waals surface area contributed by atoms with Crippen LogP contribution in [0.4, 0.5) is 4.39 Å². The van der Waals surface area contributed by atoms with Gasteiger partial charge in [-0.3, -0.25) is 9.59 Å². The Bertz CT molecular complexity index is 1370. The van der Waals surface area contributed by atoms with Gasteiger partial charge in [0.05, 0.1) is 36.9 Å². The number of aromatic amines is 1. The Morgan fingerprint density at radius 3 is 2.71 bits per heavy atom. The zero-order chi connectivity index (χ0) is 27.0. The molecule has 2 aliphatic rings. The van der Waals surface area contributed by atoms with Crippen LogP contribution in [0.3, 0.4) is 0 Å². The standard InChI is InChI=1S/C27H32FN5O5/c1-4-22(35)33-8-7-18(19(34)11-33)32-27(36)23-14(2)31-26-24(29-13-30-25(23)26)16-9-17(28)21(37-3)10-20(16)38-12-15-5-6-15/h9-10,13,15,18-19,31,34H,4-8,11-12H2,1-3H3,(H,32,36)/t18-,19-/m1/s1. The van der Waals surface area contributed by atoms with Crippen LogP contribution >= 0.6 is 0 Å². The number of hydrogen-bond donors (Lipinski definition) is 3. The van der Waals surface area contributed by atoms with Crippen molar-refractivity contribution in [3.05, 3.63) is 35.5 Å². The lowest BCUT2D eigenvalue weighted by Crippen LogP contribution is -2.55. The molecule has 0 unspecified atom stereocenters. The van der Waals surface area contributed by atoms with Crippen LogP contribution in [-0.4, -0.2) is 75.7 Å². The number of likely N-dealkylation sites (tertiary alicyclic amines) is 1. The molecule has 5 rings (SSSR count). The number of amides is 2. The molecule has 3 N–H and O–H groups in total. The van der Waals surface area contributed by atoms with Gasteiger partial charge in [0.1, 0.15) is 23.3 Å². The molecular weight excluding hydrogens is 493 g/mol. The predicted molar refractivity (Wildman–Crippen MR) is 138 cm³/mol. The number of methoxy groups -OCH3 is 1. The Morgan fingerprint density at radius 2 is 2.03 bits per heavy atom. The number of carbonyl (C=O) groups excluding carboxylic acids is 2. The number of nitrogens with zero attached hydrogens (tertiary/aromatic N) is 3. The monoisotopic (exact) mass is 525 g/mol. The van der Waals surface area contributed by atoms with Gasteiger partial charge in [-0.05, 0) is 38.2 Å². The number of aryl methyl sites for hydroxylation is 1. The second-order valence-electron chi connectivity index (χ2n) is 9.94. The quantitative estimate of drug-likeness (QED) is 0.412. The van der Waals surface area contributed by atoms with Gasteiger partial charge < -0.3 is 29.8 Å². The smallest absolute Gasteiger partial charge is 0.255 e. The summed E-state index contributed by atoms with van der Waals surface area (Å²) in [6, 6.07) is 2.33. The third-order valence-corrected chi connectivity index (χ3v) is 7.23. The minimum absolute atomic E-state index is 0.0269. The normalized spacial score (nSPS) is 19.4. The van der Waals surface area contributed by atoms with Crippen LogP contribution in [0, 0.1) is 18.7 Å². The predicted octanol–water partition coefficient (Wildman–Crippen LogP) is 2.97. The number of β-amino-alcohol motifs (C(OH)–C–C–N with tert-alkyl or cyclic N) is 1. The second-order valence-corrected chi connectivity index (χ2v) is 9.94. The van der Waals surface area contributed by atoms with Gasteiger partial charge in [0.2, 0.25) is 5.91 Å². The van der Waals surface area contributed by atoms with Crippen molar-refractivity contribution >= 4 is 22.8 Å². The fourth-order valence-corrected chi connectivity index (χ4v) is 4.88. The summed E-state index contributed by atoms with van der Waals surface area (Å²) in [5.41, 5.74) is 2.55. The van der Waals surface area contributed by atoms with Gasteiger partial charge in [-0.15, -0.1) is 0 Å². The van der Waals surface area contributed by atoms with Crippen molar-refractivity contribution in [3.63, 3.8) is 0 Å². The number of piperidine rings is 1. The number of H-pyrrole nitrogens is 1. The number of aromatic nitrogens is 3. The Labute approximate surface area is 219 Å². The van der Waals surface area contributed by atoms with Crippen LogP contribution in [-0.2, 0) is 4.79 Å². The molecule has 3 heterocycles. The Kier molecular flexibility index (Phi) is 7.20. The number of hydrogen-bond acceptors (Lipinski definition) is 7. The van der Waals surface area contributed by atoms with Gasteiger partial charge in [-0.1, -0.05) is 6.92 Å². The van der Waals surface area contributed by atoms with E-state index in [2.05, 4.69) is 20.3 Å². The average molecular weight is 526 g/mol. The molecule has 11 heteroatoms. The summed E-state index contributed by atoms with van der Waals surface area (Å²) in [6.07, 6.45) is 3.45. The number of rotatable bonds is 8. The van der Waals surface area contributed by atoms with Crippen LogP contribution in [0.5, 0.6) is 11.5 Å². The van der Waals surface area contributed by atoms with Gasteiger partial charge in [-0.25, -0.2) is 14.4 Å². The van der Waals surface area contributed by atoms with Crippen molar-refractivity contribution < 1.29 is 28.6 Å². The SMILES string of the molecule is CCC(=O)N1CC[C@@H](NC(=O)c2c(C)[nH]c3c(-c4cc(F)c(OC)cc4OCC4CC4)ncnc23)[C@H](O)C1. The zero-order valence-corrected chi connectivity index (χ0v) is 21.7. The molecule has 3 aromatic rings. The van der Waals surface area contributed by atoms with E-state index in [1.54, 1.807) is 18.7 Å². The lowest BCUT2D eigenvalue weighted by Gasteiger charge is -2.36. The fourth-order valence-electron chi connectivity index (χ4n) is 4.88. The molecule has 1 aliphatic heterocycles. The number of aliphatic hydroxyl groups is 1. The molecule has 38 heavy (non-hydrogen) atoms. The summed E-state index contributed by atoms with van der Waals surface area (Å²) >= 11 is 0. The number of fused-ring (bicyclic) bond motifs is 1. The molecule has 202 valence electrons. The number of ether oxygens (including phenoxy) is 2. The molecule has 1 saturated heterocycles. The first-order chi connectivity index (χ1) is 18.3. The highest BCUT2D eigenvalue weighted by Gasteiger charge is 2.32. The zero-order valence-electron chi connectivity index (χ0n) is 21.7. The Balaban J connectivity index is 1.45. The van der Waals surface area contributed by atoms with E-state index in [1.807, 2.05) is 0 Å². The second kappa shape index (κ2) is 10.6. The first kappa shape index (κ1) is 25.9. The van der Waals surface area contributed by atoms with Crippen molar-refractivity contribution in [2.45, 2.75) is 51.7 Å². The van der Waals surface area contributed by atoms with Gasteiger partial charge >= 0.3 is 0 Å². The molecule has 1 saturated carbocycles. The molecule has 1 aliphatic carbocycles. The maximum absolute atomic E-state index is 14.8. The highest BCUT2D eigenvalue weighted by molar-refractivity contribution is 6.09. The number of nitrogens with one attached hydrogen (secondary N) is 2. The molecule has 2 atom stereocenters. The minimum atomic E-state index is -0.882. The van der Waals surface area contributed by atoms with E-state index < -0.39 is 23.9 Å². The molecule has 2 fully saturated rings. The summed E-state index contributed by atoms with van der Waals surface area (Å²) in [5, 5.41) is 13.5. The van der Waals surface area contributed by atoms with E-state index in [9.17, 15) is 19.1 Å². The maximum atomic E-state index is 14.8. The average Bonchev–Trinajstić information content (AvgIpc) is 3.67. The summed E-state index contributed by atoms with van der Waals surface area (Å²) in [4.78, 5) is 39.0. The first-order valence-corrected chi connectivity index (χ1v) is 12.9. The molecule has 10 nitrogen and oxygen atoms in total. The van der Waals surface area contributed by atoms with E-state index >= 15 is 0 Å². The summed E-state index contributed by atoms with van der Waals surface area (Å²) in [7, 11) is 1.40. The number of aliphatic hydroxyl groups excluding tert-OH is 1. The third-order valence-electron chi connectivity index (χ3n) is 7.23. The van der Waals surface area contributed by atoms with Crippen molar-refractivity contribution in [2.24, 2.45) is 5.92 Å². The van der Waals surface area contributed by atoms with Crippen molar-refractivity contribution in [1.82, 2.24) is 25.2 Å². The minimum Gasteiger partial charge on any atom is -0.494 e. The van der Waals surface area contributed by atoms with Crippen LogP contribution in [0.2, 0.25) is 0 Å². The molecule has 0 spiro atoms. The van der Waals surface area contributed by atoms with E-state index in [0.717, 1.165) is 12.8 Å². The van der Waals surface area contributed by atoms with Crippen LogP contribution in [0.15, 0.2) is 18.5 Å². The van der Waals surface area contributed by atoms with Crippen molar-refractivity contribution in [2.75, 3.05) is 26.8 Å². The van der Waals surface area contributed by atoms with E-state index in [4.69, 9.17) is 9.47 Å². The van der Waals surface area contributed by atoms with Crippen molar-refractivity contribution in [1.29, 1.82) is 0 Å². The molecule has 1 aromatic carbocycles. The summed E-state index contributed by atoms with van der Waals surface area (Å²) in [6.45, 7) is 4.67. The first-order valence-electron chi connectivity index (χ1n) is 12.9. The highest BCUT2D eigenvalue weighted by atomic mass is 19.1. The lowest BCUT2D eigenvalue weighted by atomic mass is 10.0. The summed E-state index contributed by atoms with van der Waals surface area (Å²) in [5.74, 6) is -0.00151. The highest BCUT2D eigenvalue weighted by Crippen LogP contribution is 2.39. The molecular formula is C27H32FN5O5. The maximum Gasteiger partial charge on any atom is 0.255 e. The van der Waals surface area contributed by atoms with Gasteiger partial charge in [-0.2, -0.15) is 0 Å². The van der Waals surface area contributed by atoms with E-state index in [-0.39, 0.29) is 18.2 Å². The number of carbonyl (C=O) groups is 2. The van der Waals surface area contributed by atoms with Crippen LogP contribution in [0.1, 0.15) is 48.7 Å². The Morgan fingerprint density at radius 1 is 1.24 bits per heavy atom. The molecule has 2 amide bonds. The van der Waals surface area contributed by atoms with Gasteiger partial charge in [0.15, 0.2) is 11.6 Å². The van der Waals surface area contributed by atoms with E-state index in [1.165, 1.54) is 25.6 Å². The Hall–Kier alpha value is -3.73. The van der Waals surface area contributed by atoms with Gasteiger partial charge in [0.25, 0.3) is 5.91 Å². The number of halogens is 1.